The largest absolute Gasteiger partial charge is 0.481 e. The number of piperidine rings is 1. The number of aromatic amines is 1. The molecule has 1 saturated heterocycles. The van der Waals surface area contributed by atoms with Crippen molar-refractivity contribution in [3.8, 4) is 0 Å². The quantitative estimate of drug-likeness (QED) is 0.782. The molecule has 2 fully saturated rings. The SMILES string of the molecule is O=C(c1n[nH]c2ccccc12)N1CC[C@@H](O)[C@](CC2CC2)(C(=O)O)C1. The van der Waals surface area contributed by atoms with Crippen LogP contribution in [0.25, 0.3) is 10.9 Å². The second-order valence-corrected chi connectivity index (χ2v) is 7.26. The molecule has 2 aliphatic rings. The number of nitrogens with one attached hydrogen (secondary N) is 1. The molecule has 0 bridgehead atoms. The lowest BCUT2D eigenvalue weighted by Gasteiger charge is -2.43. The van der Waals surface area contributed by atoms with E-state index < -0.39 is 17.5 Å². The van der Waals surface area contributed by atoms with Crippen LogP contribution in [0, 0.1) is 11.3 Å². The van der Waals surface area contributed by atoms with E-state index in [-0.39, 0.29) is 18.9 Å². The summed E-state index contributed by atoms with van der Waals surface area (Å²) in [5, 5.41) is 27.9. The van der Waals surface area contributed by atoms with Crippen LogP contribution in [0.2, 0.25) is 0 Å². The van der Waals surface area contributed by atoms with E-state index >= 15 is 0 Å². The molecule has 2 aromatic rings. The molecule has 1 aromatic carbocycles. The van der Waals surface area contributed by atoms with Crippen LogP contribution >= 0.6 is 0 Å². The van der Waals surface area contributed by atoms with Gasteiger partial charge in [-0.25, -0.2) is 0 Å². The normalized spacial score (nSPS) is 26.8. The van der Waals surface area contributed by atoms with E-state index in [9.17, 15) is 19.8 Å². The standard InChI is InChI=1S/C18H21N3O4/c22-14-7-8-21(10-18(14,17(24)25)9-11-5-6-11)16(23)15-12-3-1-2-4-13(12)19-20-15/h1-4,11,14,22H,5-10H2,(H,19,20)(H,24,25)/t14-,18-/m1/s1. The predicted molar refractivity (Wildman–Crippen MR) is 90.0 cm³/mol. The summed E-state index contributed by atoms with van der Waals surface area (Å²) in [7, 11) is 0. The zero-order valence-corrected chi connectivity index (χ0v) is 13.8. The highest BCUT2D eigenvalue weighted by atomic mass is 16.4. The lowest BCUT2D eigenvalue weighted by molar-refractivity contribution is -0.163. The Balaban J connectivity index is 1.63. The van der Waals surface area contributed by atoms with Gasteiger partial charge in [0.05, 0.1) is 11.6 Å². The third kappa shape index (κ3) is 2.68. The van der Waals surface area contributed by atoms with E-state index in [1.165, 1.54) is 4.90 Å². The monoisotopic (exact) mass is 343 g/mol. The summed E-state index contributed by atoms with van der Waals surface area (Å²) in [6.07, 6.45) is 1.77. The van der Waals surface area contributed by atoms with Crippen LogP contribution < -0.4 is 0 Å². The highest BCUT2D eigenvalue weighted by Gasteiger charge is 2.52. The third-order valence-corrected chi connectivity index (χ3v) is 5.52. The van der Waals surface area contributed by atoms with E-state index in [2.05, 4.69) is 10.2 Å². The number of hydrogen-bond acceptors (Lipinski definition) is 4. The summed E-state index contributed by atoms with van der Waals surface area (Å²) in [5.74, 6) is -0.964. The molecule has 2 atom stereocenters. The Morgan fingerprint density at radius 2 is 2.04 bits per heavy atom. The van der Waals surface area contributed by atoms with Crippen molar-refractivity contribution in [1.29, 1.82) is 0 Å². The Bertz CT molecular complexity index is 829. The van der Waals surface area contributed by atoms with Crippen LogP contribution in [-0.4, -0.2) is 56.4 Å². The van der Waals surface area contributed by atoms with Gasteiger partial charge in [0.25, 0.3) is 5.91 Å². The first-order valence-electron chi connectivity index (χ1n) is 8.65. The van der Waals surface area contributed by atoms with Crippen LogP contribution in [0.1, 0.15) is 36.2 Å². The number of benzene rings is 1. The van der Waals surface area contributed by atoms with Crippen molar-refractivity contribution in [2.24, 2.45) is 11.3 Å². The number of aliphatic carboxylic acids is 1. The minimum absolute atomic E-state index is 0.0278. The molecule has 7 heteroatoms. The van der Waals surface area contributed by atoms with Crippen LogP contribution in [0.4, 0.5) is 0 Å². The van der Waals surface area contributed by atoms with Gasteiger partial charge in [-0.05, 0) is 24.8 Å². The van der Waals surface area contributed by atoms with Crippen molar-refractivity contribution in [3.63, 3.8) is 0 Å². The fraction of sp³-hybridized carbons (Fsp3) is 0.500. The number of para-hydroxylation sites is 1. The molecule has 0 spiro atoms. The van der Waals surface area contributed by atoms with E-state index in [4.69, 9.17) is 0 Å². The van der Waals surface area contributed by atoms with Crippen LogP contribution in [0.3, 0.4) is 0 Å². The second kappa shape index (κ2) is 5.84. The smallest absolute Gasteiger partial charge is 0.314 e. The molecular weight excluding hydrogens is 322 g/mol. The lowest BCUT2D eigenvalue weighted by atomic mass is 9.73. The molecule has 1 aliphatic heterocycles. The Morgan fingerprint density at radius 1 is 1.28 bits per heavy atom. The Labute approximate surface area is 144 Å². The maximum absolute atomic E-state index is 13.0. The summed E-state index contributed by atoms with van der Waals surface area (Å²) in [4.78, 5) is 26.5. The Hall–Kier alpha value is -2.41. The molecule has 1 aromatic heterocycles. The van der Waals surface area contributed by atoms with Gasteiger partial charge in [0.1, 0.15) is 5.41 Å². The minimum atomic E-state index is -1.28. The van der Waals surface area contributed by atoms with Crippen molar-refractivity contribution >= 4 is 22.8 Å². The fourth-order valence-electron chi connectivity index (χ4n) is 3.86. The summed E-state index contributed by atoms with van der Waals surface area (Å²) < 4.78 is 0. The summed E-state index contributed by atoms with van der Waals surface area (Å²) in [6.45, 7) is 0.362. The number of nitrogens with zero attached hydrogens (tertiary/aromatic N) is 2. The van der Waals surface area contributed by atoms with E-state index in [0.717, 1.165) is 23.7 Å². The van der Waals surface area contributed by atoms with Gasteiger partial charge >= 0.3 is 5.97 Å². The number of H-pyrrole nitrogens is 1. The van der Waals surface area contributed by atoms with Crippen molar-refractivity contribution in [2.75, 3.05) is 13.1 Å². The van der Waals surface area contributed by atoms with Crippen LogP contribution in [0.5, 0.6) is 0 Å². The van der Waals surface area contributed by atoms with Gasteiger partial charge in [0, 0.05) is 18.5 Å². The highest BCUT2D eigenvalue weighted by Crippen LogP contribution is 2.45. The molecule has 1 amide bonds. The number of amides is 1. The van der Waals surface area contributed by atoms with Crippen molar-refractivity contribution in [2.45, 2.75) is 31.8 Å². The predicted octanol–water partition coefficient (Wildman–Crippen LogP) is 1.64. The van der Waals surface area contributed by atoms with Gasteiger partial charge in [-0.2, -0.15) is 5.10 Å². The molecule has 4 rings (SSSR count). The second-order valence-electron chi connectivity index (χ2n) is 7.26. The molecule has 2 heterocycles. The number of aliphatic hydroxyl groups is 1. The van der Waals surface area contributed by atoms with Crippen LogP contribution in [0.15, 0.2) is 24.3 Å². The van der Waals surface area contributed by atoms with Gasteiger partial charge in [-0.3, -0.25) is 14.7 Å². The van der Waals surface area contributed by atoms with Gasteiger partial charge in [-0.15, -0.1) is 0 Å². The van der Waals surface area contributed by atoms with Gasteiger partial charge < -0.3 is 15.1 Å². The number of fused-ring (bicyclic) bond motifs is 1. The number of carboxylic acid groups (broad SMARTS) is 1. The molecule has 7 nitrogen and oxygen atoms in total. The van der Waals surface area contributed by atoms with Gasteiger partial charge in [0.2, 0.25) is 0 Å². The van der Waals surface area contributed by atoms with Gasteiger partial charge in [0.15, 0.2) is 5.69 Å². The molecule has 0 unspecified atom stereocenters. The first kappa shape index (κ1) is 16.1. The topological polar surface area (TPSA) is 107 Å². The molecule has 132 valence electrons. The third-order valence-electron chi connectivity index (χ3n) is 5.52. The van der Waals surface area contributed by atoms with Crippen molar-refractivity contribution < 1.29 is 19.8 Å². The number of aliphatic hydroxyl groups excluding tert-OH is 1. The number of carboxylic acids is 1. The average Bonchev–Trinajstić information content (AvgIpc) is 3.31. The number of rotatable bonds is 4. The first-order valence-corrected chi connectivity index (χ1v) is 8.65. The first-order chi connectivity index (χ1) is 12.0. The van der Waals surface area contributed by atoms with E-state index in [0.29, 0.717) is 24.6 Å². The van der Waals surface area contributed by atoms with Gasteiger partial charge in [-0.1, -0.05) is 31.0 Å². The van der Waals surface area contributed by atoms with Crippen molar-refractivity contribution in [1.82, 2.24) is 15.1 Å². The zero-order chi connectivity index (χ0) is 17.6. The fourth-order valence-corrected chi connectivity index (χ4v) is 3.86. The average molecular weight is 343 g/mol. The molecule has 3 N–H and O–H groups in total. The lowest BCUT2D eigenvalue weighted by Crippen LogP contribution is -2.57. The molecule has 25 heavy (non-hydrogen) atoms. The Kier molecular flexibility index (Phi) is 3.76. The molecule has 0 radical (unpaired) electrons. The number of aromatic nitrogens is 2. The number of carbonyl (C=O) groups is 2. The molecule has 1 aliphatic carbocycles. The van der Waals surface area contributed by atoms with Crippen LogP contribution in [-0.2, 0) is 4.79 Å². The summed E-state index contributed by atoms with van der Waals surface area (Å²) in [6, 6.07) is 7.35. The maximum atomic E-state index is 13.0. The summed E-state index contributed by atoms with van der Waals surface area (Å²) in [5.41, 5.74) is -0.204. The highest BCUT2D eigenvalue weighted by molar-refractivity contribution is 6.04. The molecule has 1 saturated carbocycles. The van der Waals surface area contributed by atoms with E-state index in [1.54, 1.807) is 0 Å². The van der Waals surface area contributed by atoms with E-state index in [1.807, 2.05) is 24.3 Å². The zero-order valence-electron chi connectivity index (χ0n) is 13.8. The number of hydrogen-bond donors (Lipinski definition) is 3. The summed E-state index contributed by atoms with van der Waals surface area (Å²) >= 11 is 0. The van der Waals surface area contributed by atoms with Crippen molar-refractivity contribution in [3.05, 3.63) is 30.0 Å². The molecular formula is C18H21N3O4. The Morgan fingerprint density at radius 3 is 2.76 bits per heavy atom. The number of likely N-dealkylation sites (tertiary alicyclic amines) is 1. The minimum Gasteiger partial charge on any atom is -0.481 e. The maximum Gasteiger partial charge on any atom is 0.314 e. The number of carbonyl (C=O) groups excluding carboxylic acids is 1.